The Balaban J connectivity index is 1.75. The Morgan fingerprint density at radius 1 is 1.05 bits per heavy atom. The van der Waals surface area contributed by atoms with E-state index in [1.165, 1.54) is 20.2 Å². The van der Waals surface area contributed by atoms with E-state index in [0.717, 1.165) is 16.8 Å². The lowest BCUT2D eigenvalue weighted by Crippen LogP contribution is -2.26. The Kier molecular flexibility index (Phi) is 9.83. The van der Waals surface area contributed by atoms with Crippen LogP contribution in [-0.2, 0) is 42.0 Å². The van der Waals surface area contributed by atoms with Gasteiger partial charge in [-0.2, -0.15) is 13.2 Å². The Morgan fingerprint density at radius 3 is 2.41 bits per heavy atom. The second-order valence-electron chi connectivity index (χ2n) is 9.49. The zero-order chi connectivity index (χ0) is 28.7. The van der Waals surface area contributed by atoms with E-state index in [4.69, 9.17) is 4.74 Å². The molecule has 0 saturated heterocycles. The van der Waals surface area contributed by atoms with Gasteiger partial charge in [0.1, 0.15) is 5.82 Å². The van der Waals surface area contributed by atoms with Gasteiger partial charge in [0.2, 0.25) is 0 Å². The number of pyridine rings is 1. The number of aryl methyl sites for hydroxylation is 2. The van der Waals surface area contributed by atoms with Crippen LogP contribution in [0.1, 0.15) is 64.4 Å². The zero-order valence-corrected chi connectivity index (χ0v) is 22.1. The van der Waals surface area contributed by atoms with Gasteiger partial charge in [-0.3, -0.25) is 14.4 Å². The highest BCUT2D eigenvalue weighted by Gasteiger charge is 2.34. The molecule has 3 aromatic rings. The molecule has 0 N–H and O–H groups in total. The lowest BCUT2D eigenvalue weighted by Gasteiger charge is -2.16. The Labute approximate surface area is 224 Å². The van der Waals surface area contributed by atoms with Crippen LogP contribution < -0.4 is 5.56 Å². The number of halogens is 4. The summed E-state index contributed by atoms with van der Waals surface area (Å²) in [5, 5.41) is 0. The van der Waals surface area contributed by atoms with Gasteiger partial charge in [-0.15, -0.1) is 0 Å². The van der Waals surface area contributed by atoms with E-state index in [1.54, 1.807) is 36.4 Å². The highest BCUT2D eigenvalue weighted by Crippen LogP contribution is 2.31. The van der Waals surface area contributed by atoms with Gasteiger partial charge in [0.05, 0.1) is 24.2 Å². The van der Waals surface area contributed by atoms with Crippen LogP contribution in [0.15, 0.2) is 59.5 Å². The summed E-state index contributed by atoms with van der Waals surface area (Å²) < 4.78 is 61.0. The van der Waals surface area contributed by atoms with Gasteiger partial charge in [0.15, 0.2) is 5.78 Å². The van der Waals surface area contributed by atoms with Crippen molar-refractivity contribution in [1.29, 1.82) is 0 Å². The topological polar surface area (TPSA) is 65.4 Å². The number of carbonyl (C=O) groups is 2. The standard InChI is InChI=1S/C30H31F4NO4/c1-4-21-10-6-12-25(31)27(21)26(36)13-7-11-22(29(38)39-3)17-19-8-5-9-20(16-19)18-23-24(30(32,33)34)14-15-35(2)28(23)37/h5-6,8-10,12,14-16,22H,4,7,11,13,17-18H2,1-3H3/t22-/m0/s1. The number of hydrogen-bond acceptors (Lipinski definition) is 4. The predicted molar refractivity (Wildman–Crippen MR) is 139 cm³/mol. The van der Waals surface area contributed by atoms with Gasteiger partial charge in [-0.1, -0.05) is 43.3 Å². The van der Waals surface area contributed by atoms with Crippen LogP contribution in [0.2, 0.25) is 0 Å². The Bertz CT molecular complexity index is 1390. The van der Waals surface area contributed by atoms with E-state index in [2.05, 4.69) is 0 Å². The number of aromatic nitrogens is 1. The van der Waals surface area contributed by atoms with Gasteiger partial charge < -0.3 is 9.30 Å². The molecule has 0 radical (unpaired) electrons. The summed E-state index contributed by atoms with van der Waals surface area (Å²) in [7, 11) is 2.65. The molecule has 0 amide bonds. The van der Waals surface area contributed by atoms with Crippen LogP contribution in [0.25, 0.3) is 0 Å². The second kappa shape index (κ2) is 12.9. The average molecular weight is 546 g/mol. The summed E-state index contributed by atoms with van der Waals surface area (Å²) in [5.41, 5.74) is -0.185. The fourth-order valence-electron chi connectivity index (χ4n) is 4.75. The normalized spacial score (nSPS) is 12.3. The van der Waals surface area contributed by atoms with Crippen molar-refractivity contribution < 1.29 is 31.9 Å². The lowest BCUT2D eigenvalue weighted by molar-refractivity contribution is -0.145. The van der Waals surface area contributed by atoms with Crippen molar-refractivity contribution in [3.05, 3.63) is 104 Å². The van der Waals surface area contributed by atoms with Crippen LogP contribution in [-0.4, -0.2) is 23.4 Å². The molecule has 0 bridgehead atoms. The van der Waals surface area contributed by atoms with Crippen molar-refractivity contribution in [2.45, 2.75) is 51.6 Å². The van der Waals surface area contributed by atoms with Crippen LogP contribution in [0.3, 0.4) is 0 Å². The molecule has 39 heavy (non-hydrogen) atoms. The molecule has 0 aliphatic carbocycles. The van der Waals surface area contributed by atoms with Crippen molar-refractivity contribution in [3.8, 4) is 0 Å². The first-order chi connectivity index (χ1) is 18.5. The summed E-state index contributed by atoms with van der Waals surface area (Å²) in [5.74, 6) is -1.99. The molecule has 0 spiro atoms. The number of nitrogens with zero attached hydrogens (tertiary/aromatic N) is 1. The van der Waals surface area contributed by atoms with Crippen LogP contribution >= 0.6 is 0 Å². The second-order valence-corrected chi connectivity index (χ2v) is 9.49. The molecule has 0 unspecified atom stereocenters. The third-order valence-corrected chi connectivity index (χ3v) is 6.78. The van der Waals surface area contributed by atoms with Crippen molar-refractivity contribution in [2.24, 2.45) is 13.0 Å². The van der Waals surface area contributed by atoms with E-state index in [1.807, 2.05) is 6.92 Å². The maximum Gasteiger partial charge on any atom is 0.416 e. The molecular formula is C30H31F4NO4. The quantitative estimate of drug-likeness (QED) is 0.166. The third kappa shape index (κ3) is 7.43. The molecule has 0 aliphatic rings. The predicted octanol–water partition coefficient (Wildman–Crippen LogP) is 6.08. The van der Waals surface area contributed by atoms with Crippen LogP contribution in [0, 0.1) is 11.7 Å². The smallest absolute Gasteiger partial charge is 0.416 e. The maximum absolute atomic E-state index is 14.3. The van der Waals surface area contributed by atoms with Crippen molar-refractivity contribution in [1.82, 2.24) is 4.57 Å². The summed E-state index contributed by atoms with van der Waals surface area (Å²) in [6, 6.07) is 12.1. The number of rotatable bonds is 11. The number of ketones is 1. The summed E-state index contributed by atoms with van der Waals surface area (Å²) >= 11 is 0. The number of benzene rings is 2. The van der Waals surface area contributed by atoms with Gasteiger partial charge in [-0.05, 0) is 54.5 Å². The number of carbonyl (C=O) groups excluding carboxylic acids is 2. The minimum Gasteiger partial charge on any atom is -0.469 e. The molecule has 208 valence electrons. The summed E-state index contributed by atoms with van der Waals surface area (Å²) in [6.07, 6.45) is -2.39. The molecule has 3 rings (SSSR count). The van der Waals surface area contributed by atoms with Gasteiger partial charge in [0.25, 0.3) is 5.56 Å². The van der Waals surface area contributed by atoms with E-state index in [-0.39, 0.29) is 36.2 Å². The molecule has 0 saturated carbocycles. The number of alkyl halides is 3. The summed E-state index contributed by atoms with van der Waals surface area (Å²) in [6.45, 7) is 1.84. The van der Waals surface area contributed by atoms with E-state index in [0.29, 0.717) is 36.0 Å². The molecule has 1 atom stereocenters. The number of hydrogen-bond donors (Lipinski definition) is 0. The van der Waals surface area contributed by atoms with E-state index >= 15 is 0 Å². The first-order valence-electron chi connectivity index (χ1n) is 12.7. The lowest BCUT2D eigenvalue weighted by atomic mass is 9.90. The van der Waals surface area contributed by atoms with Crippen LogP contribution in [0.5, 0.6) is 0 Å². The van der Waals surface area contributed by atoms with Gasteiger partial charge in [-0.25, -0.2) is 4.39 Å². The van der Waals surface area contributed by atoms with Gasteiger partial charge in [0, 0.05) is 31.6 Å². The molecule has 5 nitrogen and oxygen atoms in total. The first kappa shape index (κ1) is 29.8. The number of esters is 1. The summed E-state index contributed by atoms with van der Waals surface area (Å²) in [4.78, 5) is 37.7. The number of ether oxygens (including phenoxy) is 1. The molecule has 0 fully saturated rings. The average Bonchev–Trinajstić information content (AvgIpc) is 2.89. The monoisotopic (exact) mass is 545 g/mol. The van der Waals surface area contributed by atoms with Crippen molar-refractivity contribution in [3.63, 3.8) is 0 Å². The fraction of sp³-hybridized carbons (Fsp3) is 0.367. The minimum atomic E-state index is -4.67. The van der Waals surface area contributed by atoms with Crippen molar-refractivity contribution in [2.75, 3.05) is 7.11 Å². The first-order valence-corrected chi connectivity index (χ1v) is 12.7. The highest BCUT2D eigenvalue weighted by molar-refractivity contribution is 5.97. The third-order valence-electron chi connectivity index (χ3n) is 6.78. The number of methoxy groups -OCH3 is 1. The zero-order valence-electron chi connectivity index (χ0n) is 22.1. The molecule has 1 aromatic heterocycles. The highest BCUT2D eigenvalue weighted by atomic mass is 19.4. The Hall–Kier alpha value is -3.75. The van der Waals surface area contributed by atoms with E-state index in [9.17, 15) is 31.9 Å². The molecule has 1 heterocycles. The molecule has 2 aromatic carbocycles. The Morgan fingerprint density at radius 2 is 1.74 bits per heavy atom. The minimum absolute atomic E-state index is 0.0546. The van der Waals surface area contributed by atoms with Crippen LogP contribution in [0.4, 0.5) is 17.6 Å². The SMILES string of the molecule is CCc1cccc(F)c1C(=O)CCC[C@@H](Cc1cccc(Cc2c(C(F)(F)F)ccn(C)c2=O)c1)C(=O)OC. The molecule has 9 heteroatoms. The number of Topliss-reactive ketones (excluding diaryl/α,β-unsaturated/α-hetero) is 1. The fourth-order valence-corrected chi connectivity index (χ4v) is 4.75. The molecule has 0 aliphatic heterocycles. The maximum atomic E-state index is 14.3. The molecular weight excluding hydrogens is 514 g/mol. The van der Waals surface area contributed by atoms with Gasteiger partial charge >= 0.3 is 12.1 Å². The van der Waals surface area contributed by atoms with Crippen molar-refractivity contribution >= 4 is 11.8 Å². The largest absolute Gasteiger partial charge is 0.469 e. The van der Waals surface area contributed by atoms with E-state index < -0.39 is 35.0 Å².